The van der Waals surface area contributed by atoms with Crippen molar-refractivity contribution in [3.05, 3.63) is 62.0 Å². The second kappa shape index (κ2) is 7.43. The Balaban J connectivity index is 2.04. The van der Waals surface area contributed by atoms with Crippen LogP contribution in [0.1, 0.15) is 29.7 Å². The van der Waals surface area contributed by atoms with Crippen LogP contribution in [0.4, 0.5) is 0 Å². The first-order valence-electron chi connectivity index (χ1n) is 6.83. The number of hydrogen-bond donors (Lipinski definition) is 1. The number of nitrogens with one attached hydrogen (secondary N) is 1. The highest BCUT2D eigenvalue weighted by atomic mass is 79.9. The van der Waals surface area contributed by atoms with Gasteiger partial charge in [-0.3, -0.25) is 0 Å². The van der Waals surface area contributed by atoms with Crippen LogP contribution in [0.5, 0.6) is 5.75 Å². The predicted molar refractivity (Wildman–Crippen MR) is 94.8 cm³/mol. The van der Waals surface area contributed by atoms with Crippen LogP contribution >= 0.6 is 31.9 Å². The van der Waals surface area contributed by atoms with E-state index in [2.05, 4.69) is 87.4 Å². The Morgan fingerprint density at radius 2 is 1.67 bits per heavy atom. The van der Waals surface area contributed by atoms with Gasteiger partial charge in [0, 0.05) is 12.6 Å². The van der Waals surface area contributed by atoms with Gasteiger partial charge in [0.2, 0.25) is 0 Å². The molecule has 0 aliphatic heterocycles. The molecule has 0 aliphatic carbocycles. The van der Waals surface area contributed by atoms with E-state index in [0.717, 1.165) is 21.2 Å². The van der Waals surface area contributed by atoms with Crippen LogP contribution in [0.25, 0.3) is 0 Å². The topological polar surface area (TPSA) is 21.3 Å². The number of methoxy groups -OCH3 is 1. The lowest BCUT2D eigenvalue weighted by Gasteiger charge is -2.16. The number of ether oxygens (including phenoxy) is 1. The summed E-state index contributed by atoms with van der Waals surface area (Å²) in [6, 6.07) is 13.1. The highest BCUT2D eigenvalue weighted by Gasteiger charge is 2.09. The number of benzene rings is 2. The molecule has 1 atom stereocenters. The van der Waals surface area contributed by atoms with Gasteiger partial charge in [0.25, 0.3) is 0 Å². The Kier molecular flexibility index (Phi) is 5.85. The van der Waals surface area contributed by atoms with Gasteiger partial charge in [-0.25, -0.2) is 0 Å². The molecule has 0 saturated carbocycles. The van der Waals surface area contributed by atoms with E-state index in [9.17, 15) is 0 Å². The van der Waals surface area contributed by atoms with Crippen molar-refractivity contribution in [2.24, 2.45) is 0 Å². The van der Waals surface area contributed by atoms with E-state index >= 15 is 0 Å². The fourth-order valence-electron chi connectivity index (χ4n) is 2.15. The maximum atomic E-state index is 5.32. The van der Waals surface area contributed by atoms with Crippen molar-refractivity contribution in [3.8, 4) is 5.75 Å². The third-order valence-corrected chi connectivity index (χ3v) is 4.63. The molecule has 0 aliphatic rings. The molecule has 2 aromatic rings. The summed E-state index contributed by atoms with van der Waals surface area (Å²) >= 11 is 7.07. The van der Waals surface area contributed by atoms with Crippen LogP contribution in [-0.2, 0) is 6.54 Å². The minimum absolute atomic E-state index is 0.310. The largest absolute Gasteiger partial charge is 0.494 e. The Morgan fingerprint density at radius 1 is 1.10 bits per heavy atom. The molecule has 2 nitrogen and oxygen atoms in total. The lowest BCUT2D eigenvalue weighted by atomic mass is 10.1. The normalized spacial score (nSPS) is 12.2. The van der Waals surface area contributed by atoms with Gasteiger partial charge in [0.1, 0.15) is 5.75 Å². The van der Waals surface area contributed by atoms with E-state index in [-0.39, 0.29) is 0 Å². The van der Waals surface area contributed by atoms with Crippen LogP contribution in [0.3, 0.4) is 0 Å². The molecule has 0 amide bonds. The second-order valence-electron chi connectivity index (χ2n) is 5.11. The fraction of sp³-hybridized carbons (Fsp3) is 0.294. The Labute approximate surface area is 143 Å². The average molecular weight is 413 g/mol. The molecular formula is C17H19Br2NO. The summed E-state index contributed by atoms with van der Waals surface area (Å²) < 4.78 is 7.24. The molecule has 2 aromatic carbocycles. The quantitative estimate of drug-likeness (QED) is 0.711. The van der Waals surface area contributed by atoms with Crippen molar-refractivity contribution in [1.82, 2.24) is 5.32 Å². The smallest absolute Gasteiger partial charge is 0.147 e. The summed E-state index contributed by atoms with van der Waals surface area (Å²) in [5.41, 5.74) is 3.79. The Morgan fingerprint density at radius 3 is 2.19 bits per heavy atom. The minimum atomic E-state index is 0.310. The molecule has 21 heavy (non-hydrogen) atoms. The molecule has 1 N–H and O–H groups in total. The summed E-state index contributed by atoms with van der Waals surface area (Å²) in [5, 5.41) is 3.54. The van der Waals surface area contributed by atoms with Gasteiger partial charge >= 0.3 is 0 Å². The standard InChI is InChI=1S/C17H19Br2NO/c1-11-4-6-14(7-5-11)12(2)20-10-13-8-15(18)17(21-3)16(19)9-13/h4-9,12,20H,10H2,1-3H3/t12-/m1/s1. The van der Waals surface area contributed by atoms with Crippen molar-refractivity contribution in [2.45, 2.75) is 26.4 Å². The summed E-state index contributed by atoms with van der Waals surface area (Å²) in [5.74, 6) is 0.824. The van der Waals surface area contributed by atoms with Crippen molar-refractivity contribution in [2.75, 3.05) is 7.11 Å². The van der Waals surface area contributed by atoms with Gasteiger partial charge < -0.3 is 10.1 Å². The zero-order chi connectivity index (χ0) is 15.4. The highest BCUT2D eigenvalue weighted by molar-refractivity contribution is 9.11. The van der Waals surface area contributed by atoms with Crippen molar-refractivity contribution in [1.29, 1.82) is 0 Å². The fourth-order valence-corrected chi connectivity index (χ4v) is 3.76. The van der Waals surface area contributed by atoms with Crippen LogP contribution < -0.4 is 10.1 Å². The molecule has 4 heteroatoms. The van der Waals surface area contributed by atoms with E-state index in [0.29, 0.717) is 6.04 Å². The number of hydrogen-bond acceptors (Lipinski definition) is 2. The molecule has 0 aromatic heterocycles. The van der Waals surface area contributed by atoms with Gasteiger partial charge in [0.15, 0.2) is 0 Å². The van der Waals surface area contributed by atoms with Crippen LogP contribution in [0.2, 0.25) is 0 Å². The maximum absolute atomic E-state index is 5.32. The third-order valence-electron chi connectivity index (χ3n) is 3.45. The van der Waals surface area contributed by atoms with Gasteiger partial charge in [-0.05, 0) is 69.0 Å². The van der Waals surface area contributed by atoms with Gasteiger partial charge in [-0.2, -0.15) is 0 Å². The monoisotopic (exact) mass is 411 g/mol. The van der Waals surface area contributed by atoms with Gasteiger partial charge in [0.05, 0.1) is 16.1 Å². The molecule has 0 bridgehead atoms. The van der Waals surface area contributed by atoms with Crippen LogP contribution in [-0.4, -0.2) is 7.11 Å². The summed E-state index contributed by atoms with van der Waals surface area (Å²) in [6.07, 6.45) is 0. The van der Waals surface area contributed by atoms with Crippen molar-refractivity contribution >= 4 is 31.9 Å². The van der Waals surface area contributed by atoms with Crippen LogP contribution in [0.15, 0.2) is 45.3 Å². The van der Waals surface area contributed by atoms with E-state index in [4.69, 9.17) is 4.74 Å². The summed E-state index contributed by atoms with van der Waals surface area (Å²) in [7, 11) is 1.67. The highest BCUT2D eigenvalue weighted by Crippen LogP contribution is 2.34. The minimum Gasteiger partial charge on any atom is -0.494 e. The first-order valence-corrected chi connectivity index (χ1v) is 8.41. The SMILES string of the molecule is COc1c(Br)cc(CN[C@H](C)c2ccc(C)cc2)cc1Br. The van der Waals surface area contributed by atoms with Crippen LogP contribution in [0, 0.1) is 6.92 Å². The van der Waals surface area contributed by atoms with Gasteiger partial charge in [-0.15, -0.1) is 0 Å². The Bertz CT molecular complexity index is 588. The zero-order valence-corrected chi connectivity index (χ0v) is 15.6. The second-order valence-corrected chi connectivity index (χ2v) is 6.81. The van der Waals surface area contributed by atoms with E-state index in [1.807, 2.05) is 0 Å². The first-order chi connectivity index (χ1) is 10.0. The number of rotatable bonds is 5. The average Bonchev–Trinajstić information content (AvgIpc) is 2.45. The zero-order valence-electron chi connectivity index (χ0n) is 12.4. The molecular weight excluding hydrogens is 394 g/mol. The molecule has 0 radical (unpaired) electrons. The molecule has 0 heterocycles. The summed E-state index contributed by atoms with van der Waals surface area (Å²) in [4.78, 5) is 0. The van der Waals surface area contributed by atoms with E-state index in [1.54, 1.807) is 7.11 Å². The molecule has 112 valence electrons. The third kappa shape index (κ3) is 4.31. The maximum Gasteiger partial charge on any atom is 0.147 e. The number of aryl methyl sites for hydroxylation is 1. The lowest BCUT2D eigenvalue weighted by Crippen LogP contribution is -2.18. The first kappa shape index (κ1) is 16.5. The molecule has 0 fully saturated rings. The lowest BCUT2D eigenvalue weighted by molar-refractivity contribution is 0.409. The molecule has 0 saturated heterocycles. The molecule has 0 unspecified atom stereocenters. The van der Waals surface area contributed by atoms with E-state index in [1.165, 1.54) is 16.7 Å². The predicted octanol–water partition coefficient (Wildman–Crippen LogP) is 5.38. The summed E-state index contributed by atoms with van der Waals surface area (Å²) in [6.45, 7) is 5.09. The van der Waals surface area contributed by atoms with Crippen molar-refractivity contribution in [3.63, 3.8) is 0 Å². The molecule has 0 spiro atoms. The Hall–Kier alpha value is -0.840. The van der Waals surface area contributed by atoms with Gasteiger partial charge in [-0.1, -0.05) is 29.8 Å². The number of halogens is 2. The molecule has 2 rings (SSSR count). The van der Waals surface area contributed by atoms with Crippen molar-refractivity contribution < 1.29 is 4.74 Å². The van der Waals surface area contributed by atoms with E-state index < -0.39 is 0 Å².